The fraction of sp³-hybridized carbons (Fsp3) is 0.154. The third kappa shape index (κ3) is 5.70. The van der Waals surface area contributed by atoms with Crippen molar-refractivity contribution >= 4 is 28.7 Å². The standard InChI is InChI=1S/C26H26N4O2S/c1-18-25(28-26(33)27-21-10-8-13-23(16-21)31-3)19(2)30(29-18)17-20-9-7-14-24(15-20)32-22-11-5-4-6-12-22/h4-16H,17H2,1-3H3,(H2,27,28,33). The van der Waals surface area contributed by atoms with Crippen LogP contribution < -0.4 is 20.1 Å². The first kappa shape index (κ1) is 22.4. The van der Waals surface area contributed by atoms with Crippen molar-refractivity contribution in [2.45, 2.75) is 20.4 Å². The van der Waals surface area contributed by atoms with Gasteiger partial charge in [0.05, 0.1) is 30.7 Å². The minimum absolute atomic E-state index is 0.493. The van der Waals surface area contributed by atoms with E-state index in [1.807, 2.05) is 91.3 Å². The van der Waals surface area contributed by atoms with Gasteiger partial charge in [-0.15, -0.1) is 0 Å². The molecule has 6 nitrogen and oxygen atoms in total. The fourth-order valence-electron chi connectivity index (χ4n) is 3.51. The van der Waals surface area contributed by atoms with Crippen LogP contribution in [0.15, 0.2) is 78.9 Å². The van der Waals surface area contributed by atoms with Gasteiger partial charge >= 0.3 is 0 Å². The van der Waals surface area contributed by atoms with Gasteiger partial charge in [-0.05, 0) is 68.0 Å². The number of hydrogen-bond acceptors (Lipinski definition) is 4. The van der Waals surface area contributed by atoms with E-state index in [-0.39, 0.29) is 0 Å². The minimum Gasteiger partial charge on any atom is -0.497 e. The predicted molar refractivity (Wildman–Crippen MR) is 137 cm³/mol. The van der Waals surface area contributed by atoms with Crippen LogP contribution in [0.3, 0.4) is 0 Å². The van der Waals surface area contributed by atoms with Crippen molar-refractivity contribution in [1.29, 1.82) is 0 Å². The lowest BCUT2D eigenvalue weighted by molar-refractivity contribution is 0.415. The summed E-state index contributed by atoms with van der Waals surface area (Å²) in [6.07, 6.45) is 0. The van der Waals surface area contributed by atoms with Crippen LogP contribution in [0.1, 0.15) is 17.0 Å². The maximum atomic E-state index is 5.97. The second kappa shape index (κ2) is 10.2. The van der Waals surface area contributed by atoms with E-state index in [0.717, 1.165) is 45.6 Å². The number of benzene rings is 3. The number of methoxy groups -OCH3 is 1. The van der Waals surface area contributed by atoms with Crippen molar-refractivity contribution in [3.63, 3.8) is 0 Å². The summed E-state index contributed by atoms with van der Waals surface area (Å²) >= 11 is 5.52. The van der Waals surface area contributed by atoms with Gasteiger partial charge in [0.15, 0.2) is 5.11 Å². The van der Waals surface area contributed by atoms with Gasteiger partial charge in [-0.25, -0.2) is 0 Å². The highest BCUT2D eigenvalue weighted by Gasteiger charge is 2.14. The molecule has 33 heavy (non-hydrogen) atoms. The minimum atomic E-state index is 0.493. The van der Waals surface area contributed by atoms with E-state index < -0.39 is 0 Å². The zero-order valence-corrected chi connectivity index (χ0v) is 19.6. The summed E-state index contributed by atoms with van der Waals surface area (Å²) in [6.45, 7) is 4.62. The van der Waals surface area contributed by atoms with Crippen LogP contribution in [0.2, 0.25) is 0 Å². The van der Waals surface area contributed by atoms with Gasteiger partial charge in [0.25, 0.3) is 0 Å². The fourth-order valence-corrected chi connectivity index (χ4v) is 3.73. The quantitative estimate of drug-likeness (QED) is 0.324. The number of thiocarbonyl (C=S) groups is 1. The van der Waals surface area contributed by atoms with E-state index in [1.54, 1.807) is 7.11 Å². The molecule has 0 bridgehead atoms. The third-order valence-electron chi connectivity index (χ3n) is 5.16. The Morgan fingerprint density at radius 3 is 2.39 bits per heavy atom. The second-order valence-corrected chi connectivity index (χ2v) is 7.99. The van der Waals surface area contributed by atoms with Crippen LogP contribution in [0.5, 0.6) is 17.2 Å². The molecule has 2 N–H and O–H groups in total. The molecule has 0 aliphatic carbocycles. The molecule has 0 saturated heterocycles. The number of nitrogens with one attached hydrogen (secondary N) is 2. The van der Waals surface area contributed by atoms with Crippen LogP contribution in [0.4, 0.5) is 11.4 Å². The van der Waals surface area contributed by atoms with Crippen molar-refractivity contribution in [3.8, 4) is 17.2 Å². The largest absolute Gasteiger partial charge is 0.497 e. The Bertz CT molecular complexity index is 1250. The van der Waals surface area contributed by atoms with Crippen LogP contribution in [0, 0.1) is 13.8 Å². The van der Waals surface area contributed by atoms with Crippen molar-refractivity contribution in [2.24, 2.45) is 0 Å². The second-order valence-electron chi connectivity index (χ2n) is 7.58. The first-order valence-electron chi connectivity index (χ1n) is 10.6. The first-order chi connectivity index (χ1) is 16.0. The van der Waals surface area contributed by atoms with E-state index >= 15 is 0 Å². The molecular weight excluding hydrogens is 432 g/mol. The molecule has 4 rings (SSSR count). The highest BCUT2D eigenvalue weighted by atomic mass is 32.1. The molecule has 0 amide bonds. The molecule has 0 spiro atoms. The summed E-state index contributed by atoms with van der Waals surface area (Å²) in [5, 5.41) is 11.7. The predicted octanol–water partition coefficient (Wildman–Crippen LogP) is 6.16. The Morgan fingerprint density at radius 2 is 1.61 bits per heavy atom. The normalized spacial score (nSPS) is 10.5. The van der Waals surface area contributed by atoms with Crippen molar-refractivity contribution in [2.75, 3.05) is 17.7 Å². The van der Waals surface area contributed by atoms with Crippen molar-refractivity contribution in [1.82, 2.24) is 9.78 Å². The third-order valence-corrected chi connectivity index (χ3v) is 5.36. The Balaban J connectivity index is 1.45. The first-order valence-corrected chi connectivity index (χ1v) is 11.0. The lowest BCUT2D eigenvalue weighted by Gasteiger charge is -2.12. The number of para-hydroxylation sites is 1. The number of rotatable bonds is 7. The topological polar surface area (TPSA) is 60.3 Å². The van der Waals surface area contributed by atoms with Gasteiger partial charge < -0.3 is 20.1 Å². The van der Waals surface area contributed by atoms with Gasteiger partial charge in [-0.1, -0.05) is 36.4 Å². The number of ether oxygens (including phenoxy) is 2. The Labute approximate surface area is 199 Å². The smallest absolute Gasteiger partial charge is 0.175 e. The molecule has 4 aromatic rings. The zero-order valence-electron chi connectivity index (χ0n) is 18.8. The van der Waals surface area contributed by atoms with Crippen LogP contribution >= 0.6 is 12.2 Å². The summed E-state index contributed by atoms with van der Waals surface area (Å²) < 4.78 is 13.2. The van der Waals surface area contributed by atoms with Gasteiger partial charge in [0.1, 0.15) is 17.2 Å². The lowest BCUT2D eigenvalue weighted by Crippen LogP contribution is -2.20. The number of aromatic nitrogens is 2. The summed E-state index contributed by atoms with van der Waals surface area (Å²) in [4.78, 5) is 0. The SMILES string of the molecule is COc1cccc(NC(=S)Nc2c(C)nn(Cc3cccc(Oc4ccccc4)c3)c2C)c1. The molecular formula is C26H26N4O2S. The summed E-state index contributed by atoms with van der Waals surface area (Å²) in [7, 11) is 1.64. The molecule has 7 heteroatoms. The van der Waals surface area contributed by atoms with E-state index in [4.69, 9.17) is 26.8 Å². The number of nitrogens with zero attached hydrogens (tertiary/aromatic N) is 2. The van der Waals surface area contributed by atoms with Crippen molar-refractivity contribution < 1.29 is 9.47 Å². The number of hydrogen-bond donors (Lipinski definition) is 2. The molecule has 0 aliphatic rings. The number of anilines is 2. The molecule has 1 heterocycles. The highest BCUT2D eigenvalue weighted by molar-refractivity contribution is 7.80. The van der Waals surface area contributed by atoms with E-state index in [2.05, 4.69) is 16.7 Å². The van der Waals surface area contributed by atoms with Gasteiger partial charge in [-0.3, -0.25) is 4.68 Å². The van der Waals surface area contributed by atoms with Crippen LogP contribution in [-0.4, -0.2) is 22.0 Å². The number of aryl methyl sites for hydroxylation is 1. The van der Waals surface area contributed by atoms with Crippen LogP contribution in [-0.2, 0) is 6.54 Å². The summed E-state index contributed by atoms with van der Waals surface area (Å²) in [5.74, 6) is 2.37. The maximum absolute atomic E-state index is 5.97. The molecule has 3 aromatic carbocycles. The van der Waals surface area contributed by atoms with E-state index in [1.165, 1.54) is 0 Å². The van der Waals surface area contributed by atoms with Gasteiger partial charge in [-0.2, -0.15) is 5.10 Å². The Hall–Kier alpha value is -3.84. The average Bonchev–Trinajstić information content (AvgIpc) is 3.07. The van der Waals surface area contributed by atoms with E-state index in [9.17, 15) is 0 Å². The molecule has 0 radical (unpaired) electrons. The van der Waals surface area contributed by atoms with Crippen LogP contribution in [0.25, 0.3) is 0 Å². The molecule has 0 saturated carbocycles. The zero-order chi connectivity index (χ0) is 23.2. The Morgan fingerprint density at radius 1 is 0.879 bits per heavy atom. The summed E-state index contributed by atoms with van der Waals surface area (Å²) in [6, 6.07) is 25.4. The molecule has 0 atom stereocenters. The van der Waals surface area contributed by atoms with Gasteiger partial charge in [0.2, 0.25) is 0 Å². The summed E-state index contributed by atoms with van der Waals surface area (Å²) in [5.41, 5.74) is 4.71. The lowest BCUT2D eigenvalue weighted by atomic mass is 10.2. The Kier molecular flexibility index (Phi) is 6.90. The van der Waals surface area contributed by atoms with Crippen molar-refractivity contribution in [3.05, 3.63) is 95.8 Å². The monoisotopic (exact) mass is 458 g/mol. The maximum Gasteiger partial charge on any atom is 0.175 e. The molecule has 0 fully saturated rings. The highest BCUT2D eigenvalue weighted by Crippen LogP contribution is 2.25. The average molecular weight is 459 g/mol. The molecule has 0 unspecified atom stereocenters. The van der Waals surface area contributed by atoms with Gasteiger partial charge in [0, 0.05) is 11.8 Å². The molecule has 1 aromatic heterocycles. The molecule has 0 aliphatic heterocycles. The van der Waals surface area contributed by atoms with E-state index in [0.29, 0.717) is 11.7 Å². The molecule has 168 valence electrons.